The Labute approximate surface area is 210 Å². The van der Waals surface area contributed by atoms with Crippen LogP contribution in [0.3, 0.4) is 0 Å². The Morgan fingerprint density at radius 2 is 1.60 bits per heavy atom. The Bertz CT molecular complexity index is 1060. The Balaban J connectivity index is 2.13. The van der Waals surface area contributed by atoms with Crippen molar-refractivity contribution >= 4 is 21.8 Å². The van der Waals surface area contributed by atoms with Gasteiger partial charge in [-0.25, -0.2) is 12.7 Å². The Kier molecular flexibility index (Phi) is 10.9. The molecule has 7 nitrogen and oxygen atoms in total. The maximum Gasteiger partial charge on any atom is 0.243 e. The van der Waals surface area contributed by atoms with Gasteiger partial charge in [0.1, 0.15) is 6.04 Å². The molecule has 0 aliphatic heterocycles. The summed E-state index contributed by atoms with van der Waals surface area (Å²) < 4.78 is 26.8. The summed E-state index contributed by atoms with van der Waals surface area (Å²) in [6.07, 6.45) is 1.79. The lowest BCUT2D eigenvalue weighted by atomic mass is 10.1. The van der Waals surface area contributed by atoms with E-state index in [-0.39, 0.29) is 35.7 Å². The molecular weight excluding hydrogens is 462 g/mol. The van der Waals surface area contributed by atoms with E-state index in [9.17, 15) is 18.0 Å². The fraction of sp³-hybridized carbons (Fsp3) is 0.481. The van der Waals surface area contributed by atoms with E-state index in [0.717, 1.165) is 17.5 Å². The topological polar surface area (TPSA) is 86.8 Å². The second-order valence-corrected chi connectivity index (χ2v) is 11.0. The Morgan fingerprint density at radius 1 is 0.971 bits per heavy atom. The van der Waals surface area contributed by atoms with Crippen molar-refractivity contribution in [1.82, 2.24) is 14.5 Å². The van der Waals surface area contributed by atoms with Crippen molar-refractivity contribution in [2.24, 2.45) is 0 Å². The van der Waals surface area contributed by atoms with Crippen LogP contribution in [0.1, 0.15) is 57.6 Å². The van der Waals surface area contributed by atoms with Crippen LogP contribution in [-0.4, -0.2) is 55.1 Å². The minimum absolute atomic E-state index is 0.0183. The van der Waals surface area contributed by atoms with E-state index in [1.54, 1.807) is 35.2 Å². The fourth-order valence-corrected chi connectivity index (χ4v) is 4.97. The summed E-state index contributed by atoms with van der Waals surface area (Å²) in [7, 11) is -2.10. The molecule has 0 aliphatic rings. The first-order chi connectivity index (χ1) is 16.6. The number of nitrogens with zero attached hydrogens (tertiary/aromatic N) is 2. The zero-order chi connectivity index (χ0) is 26.0. The highest BCUT2D eigenvalue weighted by Crippen LogP contribution is 2.17. The quantitative estimate of drug-likeness (QED) is 0.447. The van der Waals surface area contributed by atoms with Crippen LogP contribution in [0.5, 0.6) is 0 Å². The number of hydrogen-bond acceptors (Lipinski definition) is 4. The van der Waals surface area contributed by atoms with Crippen LogP contribution in [0.4, 0.5) is 0 Å². The molecule has 35 heavy (non-hydrogen) atoms. The van der Waals surface area contributed by atoms with Gasteiger partial charge in [-0.05, 0) is 50.8 Å². The van der Waals surface area contributed by atoms with E-state index in [1.165, 1.54) is 11.4 Å². The molecule has 2 aromatic carbocycles. The third-order valence-corrected chi connectivity index (χ3v) is 8.05. The van der Waals surface area contributed by atoms with Crippen molar-refractivity contribution in [2.45, 2.75) is 76.9 Å². The molecule has 2 amide bonds. The summed E-state index contributed by atoms with van der Waals surface area (Å²) >= 11 is 0. The molecular formula is C27H39N3O4S. The molecule has 0 aliphatic carbocycles. The van der Waals surface area contributed by atoms with Gasteiger partial charge >= 0.3 is 0 Å². The molecule has 2 atom stereocenters. The average molecular weight is 502 g/mol. The lowest BCUT2D eigenvalue weighted by molar-refractivity contribution is -0.141. The number of benzene rings is 2. The van der Waals surface area contributed by atoms with Gasteiger partial charge < -0.3 is 10.2 Å². The first kappa shape index (κ1) is 28.5. The zero-order valence-electron chi connectivity index (χ0n) is 21.5. The van der Waals surface area contributed by atoms with Crippen LogP contribution in [0.2, 0.25) is 0 Å². The summed E-state index contributed by atoms with van der Waals surface area (Å²) in [5, 5.41) is 3.00. The minimum Gasteiger partial charge on any atom is -0.352 e. The fourth-order valence-electron chi connectivity index (χ4n) is 3.74. The van der Waals surface area contributed by atoms with Crippen LogP contribution in [0.25, 0.3) is 0 Å². The van der Waals surface area contributed by atoms with E-state index >= 15 is 0 Å². The number of amides is 2. The molecule has 2 aromatic rings. The van der Waals surface area contributed by atoms with Crippen LogP contribution in [0.15, 0.2) is 59.5 Å². The van der Waals surface area contributed by atoms with Crippen molar-refractivity contribution in [2.75, 3.05) is 13.6 Å². The second-order valence-electron chi connectivity index (χ2n) is 8.99. The summed E-state index contributed by atoms with van der Waals surface area (Å²) in [6, 6.07) is 15.6. The highest BCUT2D eigenvalue weighted by Gasteiger charge is 2.29. The summed E-state index contributed by atoms with van der Waals surface area (Å²) in [6.45, 7) is 8.37. The highest BCUT2D eigenvalue weighted by atomic mass is 32.2. The van der Waals surface area contributed by atoms with Crippen molar-refractivity contribution in [3.8, 4) is 0 Å². The van der Waals surface area contributed by atoms with Crippen LogP contribution < -0.4 is 5.32 Å². The van der Waals surface area contributed by atoms with Gasteiger partial charge in [-0.3, -0.25) is 9.59 Å². The first-order valence-electron chi connectivity index (χ1n) is 12.3. The number of sulfonamides is 1. The minimum atomic E-state index is -3.62. The summed E-state index contributed by atoms with van der Waals surface area (Å²) in [5.41, 5.74) is 2.07. The number of carbonyl (C=O) groups is 2. The molecule has 0 aromatic heterocycles. The van der Waals surface area contributed by atoms with Gasteiger partial charge in [-0.2, -0.15) is 0 Å². The Hall–Kier alpha value is -2.71. The van der Waals surface area contributed by atoms with E-state index in [2.05, 4.69) is 5.32 Å². The van der Waals surface area contributed by atoms with Crippen molar-refractivity contribution in [1.29, 1.82) is 0 Å². The maximum absolute atomic E-state index is 13.4. The van der Waals surface area contributed by atoms with E-state index in [4.69, 9.17) is 0 Å². The van der Waals surface area contributed by atoms with Crippen molar-refractivity contribution in [3.63, 3.8) is 0 Å². The normalized spacial score (nSPS) is 13.3. The number of nitrogens with one attached hydrogen (secondary N) is 1. The molecule has 0 heterocycles. The van der Waals surface area contributed by atoms with Crippen molar-refractivity contribution in [3.05, 3.63) is 65.7 Å². The van der Waals surface area contributed by atoms with E-state index in [0.29, 0.717) is 19.4 Å². The number of aryl methyl sites for hydroxylation is 1. The number of rotatable bonds is 13. The molecule has 1 N–H and O–H groups in total. The summed E-state index contributed by atoms with van der Waals surface area (Å²) in [5.74, 6) is -0.326. The molecule has 0 bridgehead atoms. The first-order valence-corrected chi connectivity index (χ1v) is 13.7. The molecule has 0 saturated carbocycles. The molecule has 0 unspecified atom stereocenters. The Morgan fingerprint density at radius 3 is 2.17 bits per heavy atom. The zero-order valence-corrected chi connectivity index (χ0v) is 22.3. The summed E-state index contributed by atoms with van der Waals surface area (Å²) in [4.78, 5) is 28.2. The van der Waals surface area contributed by atoms with Crippen molar-refractivity contribution < 1.29 is 18.0 Å². The van der Waals surface area contributed by atoms with E-state index < -0.39 is 16.1 Å². The molecule has 0 fully saturated rings. The standard InChI is InChI=1S/C27H39N3O4S/c1-6-22(4)28-27(32)25(7-2)30(20-23-17-15-21(3)16-18-23)26(31)14-11-19-29(5)35(33,34)24-12-9-8-10-13-24/h8-10,12-13,15-18,22,25H,6-7,11,14,19-20H2,1-5H3,(H,28,32)/t22-,25-/m1/s1. The molecule has 8 heteroatoms. The largest absolute Gasteiger partial charge is 0.352 e. The van der Waals surface area contributed by atoms with Crippen LogP contribution in [-0.2, 0) is 26.2 Å². The van der Waals surface area contributed by atoms with Crippen LogP contribution >= 0.6 is 0 Å². The van der Waals surface area contributed by atoms with E-state index in [1.807, 2.05) is 52.0 Å². The lowest BCUT2D eigenvalue weighted by Gasteiger charge is -2.31. The maximum atomic E-state index is 13.4. The van der Waals surface area contributed by atoms with Gasteiger partial charge in [0.15, 0.2) is 0 Å². The van der Waals surface area contributed by atoms with Gasteiger partial charge in [-0.15, -0.1) is 0 Å². The number of hydrogen-bond donors (Lipinski definition) is 1. The predicted molar refractivity (Wildman–Crippen MR) is 139 cm³/mol. The molecule has 0 spiro atoms. The average Bonchev–Trinajstić information content (AvgIpc) is 2.85. The predicted octanol–water partition coefficient (Wildman–Crippen LogP) is 4.12. The van der Waals surface area contributed by atoms with Crippen LogP contribution in [0, 0.1) is 6.92 Å². The highest BCUT2D eigenvalue weighted by molar-refractivity contribution is 7.89. The smallest absolute Gasteiger partial charge is 0.243 e. The molecule has 0 radical (unpaired) electrons. The third-order valence-electron chi connectivity index (χ3n) is 6.18. The lowest BCUT2D eigenvalue weighted by Crippen LogP contribution is -2.50. The third kappa shape index (κ3) is 8.18. The molecule has 2 rings (SSSR count). The van der Waals surface area contributed by atoms with Gasteiger partial charge in [-0.1, -0.05) is 61.9 Å². The molecule has 192 valence electrons. The van der Waals surface area contributed by atoms with Gasteiger partial charge in [0.05, 0.1) is 4.90 Å². The van der Waals surface area contributed by atoms with Gasteiger partial charge in [0.25, 0.3) is 0 Å². The monoisotopic (exact) mass is 501 g/mol. The second kappa shape index (κ2) is 13.4. The SMILES string of the molecule is CC[C@@H](C)NC(=O)[C@@H](CC)N(Cc1ccc(C)cc1)C(=O)CCCN(C)S(=O)(=O)c1ccccc1. The number of carbonyl (C=O) groups excluding carboxylic acids is 2. The molecule has 0 saturated heterocycles. The van der Waals surface area contributed by atoms with Gasteiger partial charge in [0.2, 0.25) is 21.8 Å². The van der Waals surface area contributed by atoms with Gasteiger partial charge in [0, 0.05) is 32.6 Å².